The van der Waals surface area contributed by atoms with Crippen LogP contribution in [0, 0.1) is 5.41 Å². The quantitative estimate of drug-likeness (QED) is 0.727. The van der Waals surface area contributed by atoms with E-state index >= 15 is 0 Å². The van der Waals surface area contributed by atoms with E-state index in [2.05, 4.69) is 22.2 Å². The molecule has 0 saturated carbocycles. The summed E-state index contributed by atoms with van der Waals surface area (Å²) in [6.45, 7) is 9.74. The van der Waals surface area contributed by atoms with Crippen LogP contribution in [0.5, 0.6) is 0 Å². The molecular formula is C13H25N3O3. The van der Waals surface area contributed by atoms with Gasteiger partial charge in [-0.25, -0.2) is 0 Å². The summed E-state index contributed by atoms with van der Waals surface area (Å²) in [6.07, 6.45) is 0. The zero-order chi connectivity index (χ0) is 14.6. The minimum Gasteiger partial charge on any atom is -0.480 e. The Balaban J connectivity index is 2.50. The molecule has 1 heterocycles. The smallest absolute Gasteiger partial charge is 0.325 e. The normalized spacial score (nSPS) is 20.0. The van der Waals surface area contributed by atoms with E-state index in [0.29, 0.717) is 6.54 Å². The fraction of sp³-hybridized carbons (Fsp3) is 0.846. The van der Waals surface area contributed by atoms with Gasteiger partial charge in [-0.2, -0.15) is 0 Å². The van der Waals surface area contributed by atoms with Crippen LogP contribution in [-0.4, -0.2) is 72.6 Å². The molecule has 6 heteroatoms. The minimum absolute atomic E-state index is 0.207. The lowest BCUT2D eigenvalue weighted by Crippen LogP contribution is -2.52. The van der Waals surface area contributed by atoms with Gasteiger partial charge in [0.05, 0.1) is 5.41 Å². The van der Waals surface area contributed by atoms with Crippen molar-refractivity contribution in [2.45, 2.75) is 26.8 Å². The van der Waals surface area contributed by atoms with E-state index in [4.69, 9.17) is 5.11 Å². The molecule has 1 atom stereocenters. The minimum atomic E-state index is -1.01. The first-order valence-corrected chi connectivity index (χ1v) is 6.67. The molecule has 1 aliphatic heterocycles. The van der Waals surface area contributed by atoms with Gasteiger partial charge in [-0.1, -0.05) is 0 Å². The number of hydrogen-bond donors (Lipinski definition) is 2. The first kappa shape index (κ1) is 15.9. The van der Waals surface area contributed by atoms with Crippen LogP contribution in [0.3, 0.4) is 0 Å². The summed E-state index contributed by atoms with van der Waals surface area (Å²) < 4.78 is 0. The number of carbonyl (C=O) groups excluding carboxylic acids is 1. The predicted molar refractivity (Wildman–Crippen MR) is 73.0 cm³/mol. The molecule has 1 saturated heterocycles. The molecule has 2 N–H and O–H groups in total. The number of piperazine rings is 1. The van der Waals surface area contributed by atoms with Crippen LogP contribution < -0.4 is 5.32 Å². The van der Waals surface area contributed by atoms with E-state index < -0.39 is 17.4 Å². The Kier molecular flexibility index (Phi) is 5.31. The van der Waals surface area contributed by atoms with Crippen LogP contribution in [0.25, 0.3) is 0 Å². The summed E-state index contributed by atoms with van der Waals surface area (Å²) >= 11 is 0. The van der Waals surface area contributed by atoms with Gasteiger partial charge in [-0.15, -0.1) is 0 Å². The maximum atomic E-state index is 12.1. The third-order valence-corrected chi connectivity index (χ3v) is 3.55. The van der Waals surface area contributed by atoms with Crippen LogP contribution in [0.1, 0.15) is 20.8 Å². The number of carboxylic acid groups (broad SMARTS) is 1. The number of hydrogen-bond acceptors (Lipinski definition) is 4. The Morgan fingerprint density at radius 3 is 2.26 bits per heavy atom. The van der Waals surface area contributed by atoms with E-state index in [0.717, 1.165) is 26.2 Å². The lowest BCUT2D eigenvalue weighted by atomic mass is 9.91. The molecule has 1 amide bonds. The van der Waals surface area contributed by atoms with Gasteiger partial charge in [0, 0.05) is 32.7 Å². The molecule has 0 aromatic heterocycles. The summed E-state index contributed by atoms with van der Waals surface area (Å²) in [5.74, 6) is -1.22. The fourth-order valence-electron chi connectivity index (χ4n) is 2.09. The second-order valence-electron chi connectivity index (χ2n) is 6.00. The van der Waals surface area contributed by atoms with Gasteiger partial charge >= 0.3 is 5.97 Å². The van der Waals surface area contributed by atoms with Gasteiger partial charge in [-0.3, -0.25) is 14.5 Å². The molecule has 0 aliphatic carbocycles. The number of amides is 1. The van der Waals surface area contributed by atoms with E-state index in [1.807, 2.05) is 13.8 Å². The number of carboxylic acids is 1. The number of carbonyl (C=O) groups is 2. The third kappa shape index (κ3) is 4.80. The van der Waals surface area contributed by atoms with Crippen LogP contribution >= 0.6 is 0 Å². The fourth-order valence-corrected chi connectivity index (χ4v) is 2.09. The van der Waals surface area contributed by atoms with E-state index in [1.165, 1.54) is 6.92 Å². The van der Waals surface area contributed by atoms with Crippen molar-refractivity contribution in [3.63, 3.8) is 0 Å². The maximum absolute atomic E-state index is 12.1. The van der Waals surface area contributed by atoms with Crippen molar-refractivity contribution in [1.82, 2.24) is 15.1 Å². The molecule has 1 rings (SSSR count). The summed E-state index contributed by atoms with van der Waals surface area (Å²) in [6, 6.07) is -0.848. The first-order chi connectivity index (χ1) is 8.72. The van der Waals surface area contributed by atoms with Crippen LogP contribution in [0.15, 0.2) is 0 Å². The van der Waals surface area contributed by atoms with Crippen molar-refractivity contribution in [3.05, 3.63) is 0 Å². The number of aliphatic carboxylic acids is 1. The lowest BCUT2D eigenvalue weighted by molar-refractivity contribution is -0.143. The monoisotopic (exact) mass is 271 g/mol. The summed E-state index contributed by atoms with van der Waals surface area (Å²) in [5, 5.41) is 11.4. The number of likely N-dealkylation sites (N-methyl/N-ethyl adjacent to an activating group) is 1. The highest BCUT2D eigenvalue weighted by molar-refractivity contribution is 5.86. The zero-order valence-corrected chi connectivity index (χ0v) is 12.3. The van der Waals surface area contributed by atoms with Crippen molar-refractivity contribution < 1.29 is 14.7 Å². The molecule has 19 heavy (non-hydrogen) atoms. The van der Waals surface area contributed by atoms with E-state index in [-0.39, 0.29) is 5.91 Å². The largest absolute Gasteiger partial charge is 0.480 e. The average molecular weight is 271 g/mol. The molecule has 1 aliphatic rings. The molecule has 0 aromatic carbocycles. The topological polar surface area (TPSA) is 72.9 Å². The Hall–Kier alpha value is -1.14. The highest BCUT2D eigenvalue weighted by atomic mass is 16.4. The SMILES string of the molecule is CC(NC(=O)C(C)(C)CN1CCN(C)CC1)C(=O)O. The standard InChI is InChI=1S/C13H25N3O3/c1-10(11(17)18)14-12(19)13(2,3)9-16-7-5-15(4)6-8-16/h10H,5-9H2,1-4H3,(H,14,19)(H,17,18). The molecule has 0 spiro atoms. The van der Waals surface area contributed by atoms with Crippen LogP contribution in [-0.2, 0) is 9.59 Å². The van der Waals surface area contributed by atoms with Crippen molar-refractivity contribution in [3.8, 4) is 0 Å². The van der Waals surface area contributed by atoms with Gasteiger partial charge < -0.3 is 15.3 Å². The summed E-state index contributed by atoms with van der Waals surface area (Å²) in [4.78, 5) is 27.4. The maximum Gasteiger partial charge on any atom is 0.325 e. The second kappa shape index (κ2) is 6.34. The molecular weight excluding hydrogens is 246 g/mol. The van der Waals surface area contributed by atoms with E-state index in [9.17, 15) is 9.59 Å². The van der Waals surface area contributed by atoms with Crippen molar-refractivity contribution >= 4 is 11.9 Å². The predicted octanol–water partition coefficient (Wildman–Crippen LogP) is -0.151. The first-order valence-electron chi connectivity index (χ1n) is 6.67. The Bertz CT molecular complexity index is 336. The Morgan fingerprint density at radius 2 is 1.79 bits per heavy atom. The zero-order valence-electron chi connectivity index (χ0n) is 12.3. The summed E-state index contributed by atoms with van der Waals surface area (Å²) in [7, 11) is 2.09. The highest BCUT2D eigenvalue weighted by Crippen LogP contribution is 2.18. The lowest BCUT2D eigenvalue weighted by Gasteiger charge is -2.37. The average Bonchev–Trinajstić information content (AvgIpc) is 2.31. The molecule has 6 nitrogen and oxygen atoms in total. The summed E-state index contributed by atoms with van der Waals surface area (Å²) in [5.41, 5.74) is -0.584. The second-order valence-corrected chi connectivity index (χ2v) is 6.00. The molecule has 1 fully saturated rings. The van der Waals surface area contributed by atoms with Crippen LogP contribution in [0.4, 0.5) is 0 Å². The van der Waals surface area contributed by atoms with Crippen molar-refractivity contribution in [2.75, 3.05) is 39.8 Å². The Morgan fingerprint density at radius 1 is 1.26 bits per heavy atom. The molecule has 0 bridgehead atoms. The van der Waals surface area contributed by atoms with Gasteiger partial charge in [0.2, 0.25) is 5.91 Å². The molecule has 0 aromatic rings. The number of nitrogens with zero attached hydrogens (tertiary/aromatic N) is 2. The Labute approximate surface area is 114 Å². The van der Waals surface area contributed by atoms with E-state index in [1.54, 1.807) is 0 Å². The van der Waals surface area contributed by atoms with Crippen LogP contribution in [0.2, 0.25) is 0 Å². The van der Waals surface area contributed by atoms with Crippen molar-refractivity contribution in [1.29, 1.82) is 0 Å². The van der Waals surface area contributed by atoms with Gasteiger partial charge in [0.25, 0.3) is 0 Å². The highest BCUT2D eigenvalue weighted by Gasteiger charge is 2.32. The number of nitrogens with one attached hydrogen (secondary N) is 1. The van der Waals surface area contributed by atoms with Gasteiger partial charge in [-0.05, 0) is 27.8 Å². The van der Waals surface area contributed by atoms with Crippen molar-refractivity contribution in [2.24, 2.45) is 5.41 Å². The molecule has 0 radical (unpaired) electrons. The number of rotatable bonds is 5. The molecule has 110 valence electrons. The molecule has 1 unspecified atom stereocenters. The van der Waals surface area contributed by atoms with Gasteiger partial charge in [0.1, 0.15) is 6.04 Å². The van der Waals surface area contributed by atoms with Gasteiger partial charge in [0.15, 0.2) is 0 Å². The third-order valence-electron chi connectivity index (χ3n) is 3.55.